The van der Waals surface area contributed by atoms with Gasteiger partial charge < -0.3 is 15.2 Å². The lowest BCUT2D eigenvalue weighted by molar-refractivity contribution is 0.00934. The minimum absolute atomic E-state index is 0.0336. The van der Waals surface area contributed by atoms with Crippen LogP contribution in [0.1, 0.15) is 23.7 Å². The lowest BCUT2D eigenvalue weighted by Crippen LogP contribution is -2.26. The van der Waals surface area contributed by atoms with E-state index in [0.29, 0.717) is 13.0 Å². The van der Waals surface area contributed by atoms with Gasteiger partial charge in [-0.1, -0.05) is 42.5 Å². The van der Waals surface area contributed by atoms with E-state index >= 15 is 0 Å². The monoisotopic (exact) mass is 301 g/mol. The summed E-state index contributed by atoms with van der Waals surface area (Å²) >= 11 is 0. The van der Waals surface area contributed by atoms with E-state index in [-0.39, 0.29) is 18.0 Å². The summed E-state index contributed by atoms with van der Waals surface area (Å²) in [5.41, 5.74) is 2.04. The van der Waals surface area contributed by atoms with Gasteiger partial charge >= 0.3 is 0 Å². The average Bonchev–Trinajstić information content (AvgIpc) is 2.90. The molecule has 2 N–H and O–H groups in total. The standard InChI is InChI=1S/C18H20FNO2/c19-15-8-6-14(7-9-15)18-17(21)10-16(22-18)12-20-11-13-4-2-1-3-5-13/h1-9,16-18,20-21H,10-12H2/t16-,17-,18-/m1/s1. The highest BCUT2D eigenvalue weighted by atomic mass is 19.1. The minimum Gasteiger partial charge on any atom is -0.390 e. The van der Waals surface area contributed by atoms with Crippen LogP contribution in [0.5, 0.6) is 0 Å². The summed E-state index contributed by atoms with van der Waals surface area (Å²) in [6, 6.07) is 16.3. The Morgan fingerprint density at radius 3 is 2.55 bits per heavy atom. The fourth-order valence-electron chi connectivity index (χ4n) is 2.80. The summed E-state index contributed by atoms with van der Waals surface area (Å²) in [4.78, 5) is 0. The number of hydrogen-bond donors (Lipinski definition) is 2. The Balaban J connectivity index is 1.51. The van der Waals surface area contributed by atoms with Crippen molar-refractivity contribution in [1.82, 2.24) is 5.32 Å². The molecule has 0 aromatic heterocycles. The highest BCUT2D eigenvalue weighted by Crippen LogP contribution is 2.32. The molecule has 4 heteroatoms. The lowest BCUT2D eigenvalue weighted by Gasteiger charge is -2.15. The first-order chi connectivity index (χ1) is 10.7. The Labute approximate surface area is 129 Å². The molecule has 0 radical (unpaired) electrons. The fourth-order valence-corrected chi connectivity index (χ4v) is 2.80. The fraction of sp³-hybridized carbons (Fsp3) is 0.333. The van der Waals surface area contributed by atoms with E-state index in [0.717, 1.165) is 12.1 Å². The molecule has 1 heterocycles. The number of aliphatic hydroxyl groups excluding tert-OH is 1. The zero-order valence-corrected chi connectivity index (χ0v) is 12.3. The maximum atomic E-state index is 13.0. The van der Waals surface area contributed by atoms with Gasteiger partial charge in [-0.15, -0.1) is 0 Å². The third kappa shape index (κ3) is 3.71. The van der Waals surface area contributed by atoms with Crippen LogP contribution >= 0.6 is 0 Å². The molecule has 1 fully saturated rings. The third-order valence-electron chi connectivity index (χ3n) is 3.94. The first-order valence-corrected chi connectivity index (χ1v) is 7.56. The zero-order valence-electron chi connectivity index (χ0n) is 12.3. The Bertz CT molecular complexity index is 588. The number of nitrogens with one attached hydrogen (secondary N) is 1. The first-order valence-electron chi connectivity index (χ1n) is 7.56. The molecular weight excluding hydrogens is 281 g/mol. The van der Waals surface area contributed by atoms with E-state index in [1.54, 1.807) is 12.1 Å². The van der Waals surface area contributed by atoms with Crippen LogP contribution in [0.4, 0.5) is 4.39 Å². The topological polar surface area (TPSA) is 41.5 Å². The Kier molecular flexibility index (Phi) is 4.83. The number of aliphatic hydroxyl groups is 1. The molecule has 2 aromatic rings. The quantitative estimate of drug-likeness (QED) is 0.892. The van der Waals surface area contributed by atoms with E-state index in [4.69, 9.17) is 4.74 Å². The van der Waals surface area contributed by atoms with Gasteiger partial charge in [-0.25, -0.2) is 4.39 Å². The summed E-state index contributed by atoms with van der Waals surface area (Å²) in [7, 11) is 0. The molecule has 3 atom stereocenters. The molecule has 3 nitrogen and oxygen atoms in total. The van der Waals surface area contributed by atoms with Crippen LogP contribution in [0.2, 0.25) is 0 Å². The van der Waals surface area contributed by atoms with Gasteiger partial charge in [0.2, 0.25) is 0 Å². The smallest absolute Gasteiger partial charge is 0.123 e. The summed E-state index contributed by atoms with van der Waals surface area (Å²) in [5.74, 6) is -0.280. The molecule has 1 aliphatic rings. The molecule has 1 saturated heterocycles. The van der Waals surface area contributed by atoms with Crippen LogP contribution in [0.3, 0.4) is 0 Å². The summed E-state index contributed by atoms with van der Waals surface area (Å²) in [5, 5.41) is 13.5. The molecule has 0 amide bonds. The second-order valence-corrected chi connectivity index (χ2v) is 5.65. The predicted molar refractivity (Wildman–Crippen MR) is 82.8 cm³/mol. The van der Waals surface area contributed by atoms with Crippen molar-refractivity contribution in [3.8, 4) is 0 Å². The van der Waals surface area contributed by atoms with E-state index in [2.05, 4.69) is 17.4 Å². The SMILES string of the molecule is O[C@@H]1C[C@H](CNCc2ccccc2)O[C@@H]1c1ccc(F)cc1. The second-order valence-electron chi connectivity index (χ2n) is 5.65. The Morgan fingerprint density at radius 2 is 1.82 bits per heavy atom. The summed E-state index contributed by atoms with van der Waals surface area (Å²) in [6.45, 7) is 1.46. The van der Waals surface area contributed by atoms with Crippen LogP contribution in [0, 0.1) is 5.82 Å². The van der Waals surface area contributed by atoms with Gasteiger partial charge in [0, 0.05) is 19.5 Å². The van der Waals surface area contributed by atoms with Gasteiger partial charge in [-0.05, 0) is 23.3 Å². The predicted octanol–water partition coefficient (Wildman–Crippen LogP) is 2.81. The molecule has 22 heavy (non-hydrogen) atoms. The van der Waals surface area contributed by atoms with Crippen LogP contribution < -0.4 is 5.32 Å². The molecule has 0 spiro atoms. The maximum absolute atomic E-state index is 13.0. The highest BCUT2D eigenvalue weighted by molar-refractivity contribution is 5.21. The number of hydrogen-bond acceptors (Lipinski definition) is 3. The minimum atomic E-state index is -0.547. The largest absolute Gasteiger partial charge is 0.390 e. The van der Waals surface area contributed by atoms with E-state index < -0.39 is 6.10 Å². The molecule has 3 rings (SSSR count). The van der Waals surface area contributed by atoms with Crippen molar-refractivity contribution in [2.75, 3.05) is 6.54 Å². The molecule has 0 aliphatic carbocycles. The Morgan fingerprint density at radius 1 is 1.09 bits per heavy atom. The molecule has 0 unspecified atom stereocenters. The van der Waals surface area contributed by atoms with Crippen molar-refractivity contribution in [2.24, 2.45) is 0 Å². The van der Waals surface area contributed by atoms with Gasteiger partial charge in [0.05, 0.1) is 12.2 Å². The maximum Gasteiger partial charge on any atom is 0.123 e. The normalized spacial score (nSPS) is 24.5. The van der Waals surface area contributed by atoms with Crippen LogP contribution in [0.25, 0.3) is 0 Å². The summed E-state index contributed by atoms with van der Waals surface area (Å²) in [6.07, 6.45) is -0.365. The highest BCUT2D eigenvalue weighted by Gasteiger charge is 2.34. The zero-order chi connectivity index (χ0) is 15.4. The van der Waals surface area contributed by atoms with Gasteiger partial charge in [0.25, 0.3) is 0 Å². The van der Waals surface area contributed by atoms with Crippen molar-refractivity contribution in [2.45, 2.75) is 31.3 Å². The van der Waals surface area contributed by atoms with Gasteiger partial charge in [-0.2, -0.15) is 0 Å². The molecule has 116 valence electrons. The molecule has 1 aliphatic heterocycles. The average molecular weight is 301 g/mol. The number of halogens is 1. The van der Waals surface area contributed by atoms with E-state index in [1.165, 1.54) is 17.7 Å². The Hall–Kier alpha value is -1.75. The molecule has 0 saturated carbocycles. The number of ether oxygens (including phenoxy) is 1. The molecule has 2 aromatic carbocycles. The van der Waals surface area contributed by atoms with Gasteiger partial charge in [0.15, 0.2) is 0 Å². The van der Waals surface area contributed by atoms with Crippen LogP contribution in [-0.4, -0.2) is 23.9 Å². The number of benzene rings is 2. The summed E-state index contributed by atoms with van der Waals surface area (Å²) < 4.78 is 18.9. The number of rotatable bonds is 5. The van der Waals surface area contributed by atoms with Crippen molar-refractivity contribution >= 4 is 0 Å². The van der Waals surface area contributed by atoms with E-state index in [9.17, 15) is 9.50 Å². The molecular formula is C18H20FNO2. The van der Waals surface area contributed by atoms with Gasteiger partial charge in [0.1, 0.15) is 11.9 Å². The second kappa shape index (κ2) is 7.01. The molecule has 0 bridgehead atoms. The van der Waals surface area contributed by atoms with Crippen molar-refractivity contribution in [3.63, 3.8) is 0 Å². The van der Waals surface area contributed by atoms with Gasteiger partial charge in [-0.3, -0.25) is 0 Å². The van der Waals surface area contributed by atoms with Crippen LogP contribution in [0.15, 0.2) is 54.6 Å². The van der Waals surface area contributed by atoms with E-state index in [1.807, 2.05) is 18.2 Å². The third-order valence-corrected chi connectivity index (χ3v) is 3.94. The first kappa shape index (κ1) is 15.2. The van der Waals surface area contributed by atoms with Crippen molar-refractivity contribution < 1.29 is 14.2 Å². The van der Waals surface area contributed by atoms with Crippen LogP contribution in [-0.2, 0) is 11.3 Å². The van der Waals surface area contributed by atoms with Crippen molar-refractivity contribution in [1.29, 1.82) is 0 Å². The lowest BCUT2D eigenvalue weighted by atomic mass is 10.0. The van der Waals surface area contributed by atoms with Crippen molar-refractivity contribution in [3.05, 3.63) is 71.5 Å².